The zero-order valence-electron chi connectivity index (χ0n) is 15.2. The molecule has 2 amide bonds. The Balaban J connectivity index is 1.61. The highest BCUT2D eigenvalue weighted by atomic mass is 16.5. The largest absolute Gasteiger partial charge is 0.491 e. The SMILES string of the molecule is Cc1cc(OC(C)C)ccc1NC(=O)NC1C2CCOC2C1(C)C. The molecular weight excluding hydrogens is 304 g/mol. The van der Waals surface area contributed by atoms with E-state index >= 15 is 0 Å². The van der Waals surface area contributed by atoms with E-state index in [4.69, 9.17) is 9.47 Å². The van der Waals surface area contributed by atoms with Gasteiger partial charge in [-0.2, -0.15) is 0 Å². The molecule has 0 aromatic heterocycles. The molecule has 3 rings (SSSR count). The Morgan fingerprint density at radius 3 is 2.79 bits per heavy atom. The molecule has 0 radical (unpaired) electrons. The van der Waals surface area contributed by atoms with Crippen molar-refractivity contribution >= 4 is 11.7 Å². The van der Waals surface area contributed by atoms with Crippen LogP contribution in [0.1, 0.15) is 39.7 Å². The first-order chi connectivity index (χ1) is 11.3. The van der Waals surface area contributed by atoms with Crippen molar-refractivity contribution in [3.8, 4) is 5.75 Å². The first-order valence-corrected chi connectivity index (χ1v) is 8.75. The molecule has 1 aromatic carbocycles. The number of aryl methyl sites for hydroxylation is 1. The third kappa shape index (κ3) is 3.09. The highest BCUT2D eigenvalue weighted by Gasteiger charge is 2.59. The van der Waals surface area contributed by atoms with Crippen molar-refractivity contribution in [2.45, 2.75) is 59.3 Å². The number of anilines is 1. The summed E-state index contributed by atoms with van der Waals surface area (Å²) in [5, 5.41) is 6.10. The van der Waals surface area contributed by atoms with Crippen molar-refractivity contribution in [2.75, 3.05) is 11.9 Å². The van der Waals surface area contributed by atoms with E-state index < -0.39 is 0 Å². The maximum absolute atomic E-state index is 12.4. The van der Waals surface area contributed by atoms with Gasteiger partial charge in [0, 0.05) is 29.7 Å². The van der Waals surface area contributed by atoms with E-state index in [1.165, 1.54) is 0 Å². The molecule has 24 heavy (non-hydrogen) atoms. The maximum Gasteiger partial charge on any atom is 0.319 e. The van der Waals surface area contributed by atoms with Gasteiger partial charge < -0.3 is 20.1 Å². The summed E-state index contributed by atoms with van der Waals surface area (Å²) in [5.41, 5.74) is 1.78. The molecule has 5 heteroatoms. The molecular formula is C19H28N2O3. The van der Waals surface area contributed by atoms with E-state index in [0.717, 1.165) is 30.0 Å². The molecule has 0 spiro atoms. The van der Waals surface area contributed by atoms with Crippen LogP contribution < -0.4 is 15.4 Å². The van der Waals surface area contributed by atoms with Crippen molar-refractivity contribution < 1.29 is 14.3 Å². The second-order valence-electron chi connectivity index (χ2n) is 7.78. The average Bonchev–Trinajstić information content (AvgIpc) is 2.94. The van der Waals surface area contributed by atoms with Gasteiger partial charge in [0.25, 0.3) is 0 Å². The van der Waals surface area contributed by atoms with Gasteiger partial charge in [-0.25, -0.2) is 4.79 Å². The molecule has 2 aliphatic rings. The lowest BCUT2D eigenvalue weighted by Crippen LogP contribution is -2.67. The lowest BCUT2D eigenvalue weighted by atomic mass is 9.57. The minimum absolute atomic E-state index is 0.0114. The van der Waals surface area contributed by atoms with Crippen LogP contribution in [0.2, 0.25) is 0 Å². The van der Waals surface area contributed by atoms with Gasteiger partial charge >= 0.3 is 6.03 Å². The van der Waals surface area contributed by atoms with E-state index in [2.05, 4.69) is 24.5 Å². The Labute approximate surface area is 144 Å². The molecule has 3 atom stereocenters. The number of fused-ring (bicyclic) bond motifs is 1. The molecule has 1 aliphatic heterocycles. The van der Waals surface area contributed by atoms with E-state index in [0.29, 0.717) is 5.92 Å². The zero-order valence-corrected chi connectivity index (χ0v) is 15.2. The fraction of sp³-hybridized carbons (Fsp3) is 0.632. The second-order valence-corrected chi connectivity index (χ2v) is 7.78. The van der Waals surface area contributed by atoms with Gasteiger partial charge in [-0.15, -0.1) is 0 Å². The molecule has 132 valence electrons. The van der Waals surface area contributed by atoms with Crippen LogP contribution in [-0.2, 0) is 4.74 Å². The monoisotopic (exact) mass is 332 g/mol. The highest BCUT2D eigenvalue weighted by molar-refractivity contribution is 5.90. The summed E-state index contributed by atoms with van der Waals surface area (Å²) < 4.78 is 11.5. The number of nitrogens with one attached hydrogen (secondary N) is 2. The van der Waals surface area contributed by atoms with E-state index in [9.17, 15) is 4.79 Å². The summed E-state index contributed by atoms with van der Waals surface area (Å²) in [6, 6.07) is 5.73. The van der Waals surface area contributed by atoms with Crippen molar-refractivity contribution in [1.29, 1.82) is 0 Å². The first kappa shape index (κ1) is 17.1. The topological polar surface area (TPSA) is 59.6 Å². The van der Waals surface area contributed by atoms with Gasteiger partial charge in [0.05, 0.1) is 12.2 Å². The van der Waals surface area contributed by atoms with Crippen LogP contribution >= 0.6 is 0 Å². The Kier molecular flexibility index (Phi) is 4.47. The van der Waals surface area contributed by atoms with Gasteiger partial charge in [-0.05, 0) is 51.0 Å². The third-order valence-corrected chi connectivity index (χ3v) is 5.20. The second kappa shape index (κ2) is 6.28. The number of hydrogen-bond donors (Lipinski definition) is 2. The lowest BCUT2D eigenvalue weighted by Gasteiger charge is -2.54. The maximum atomic E-state index is 12.4. The molecule has 1 aliphatic carbocycles. The molecule has 3 unspecified atom stereocenters. The molecule has 1 saturated heterocycles. The summed E-state index contributed by atoms with van der Waals surface area (Å²) in [5.74, 6) is 1.26. The van der Waals surface area contributed by atoms with Crippen LogP contribution in [0.5, 0.6) is 5.75 Å². The van der Waals surface area contributed by atoms with Crippen LogP contribution in [0.4, 0.5) is 10.5 Å². The van der Waals surface area contributed by atoms with E-state index in [1.807, 2.05) is 39.0 Å². The Bertz CT molecular complexity index is 627. The number of carbonyl (C=O) groups excluding carboxylic acids is 1. The van der Waals surface area contributed by atoms with E-state index in [1.54, 1.807) is 0 Å². The predicted molar refractivity (Wildman–Crippen MR) is 94.5 cm³/mol. The number of benzene rings is 1. The van der Waals surface area contributed by atoms with Gasteiger partial charge in [0.1, 0.15) is 5.75 Å². The summed E-state index contributed by atoms with van der Waals surface area (Å²) >= 11 is 0. The van der Waals surface area contributed by atoms with Gasteiger partial charge in [0.2, 0.25) is 0 Å². The fourth-order valence-corrected chi connectivity index (χ4v) is 4.04. The highest BCUT2D eigenvalue weighted by Crippen LogP contribution is 2.52. The Morgan fingerprint density at radius 2 is 2.12 bits per heavy atom. The minimum Gasteiger partial charge on any atom is -0.491 e. The van der Waals surface area contributed by atoms with Crippen LogP contribution in [0.25, 0.3) is 0 Å². The molecule has 1 heterocycles. The van der Waals surface area contributed by atoms with Gasteiger partial charge in [-0.1, -0.05) is 13.8 Å². The number of ether oxygens (including phenoxy) is 2. The van der Waals surface area contributed by atoms with Crippen molar-refractivity contribution in [3.63, 3.8) is 0 Å². The normalized spacial score (nSPS) is 27.3. The van der Waals surface area contributed by atoms with Gasteiger partial charge in [0.15, 0.2) is 0 Å². The molecule has 2 N–H and O–H groups in total. The summed E-state index contributed by atoms with van der Waals surface area (Å²) in [7, 11) is 0. The summed E-state index contributed by atoms with van der Waals surface area (Å²) in [6.45, 7) is 11.1. The average molecular weight is 332 g/mol. The standard InChI is InChI=1S/C19H28N2O3/c1-11(2)24-13-6-7-15(12(3)10-13)20-18(22)21-16-14-8-9-23-17(14)19(16,4)5/h6-7,10-11,14,16-17H,8-9H2,1-5H3,(H2,20,21,22). The van der Waals surface area contributed by atoms with Crippen molar-refractivity contribution in [2.24, 2.45) is 11.3 Å². The summed E-state index contributed by atoms with van der Waals surface area (Å²) in [4.78, 5) is 12.4. The van der Waals surface area contributed by atoms with Gasteiger partial charge in [-0.3, -0.25) is 0 Å². The minimum atomic E-state index is -0.154. The van der Waals surface area contributed by atoms with Crippen molar-refractivity contribution in [1.82, 2.24) is 5.32 Å². The molecule has 0 bridgehead atoms. The fourth-order valence-electron chi connectivity index (χ4n) is 4.04. The number of carbonyl (C=O) groups is 1. The predicted octanol–water partition coefficient (Wildman–Crippen LogP) is 3.72. The van der Waals surface area contributed by atoms with Crippen LogP contribution in [-0.4, -0.2) is 30.9 Å². The molecule has 2 fully saturated rings. The lowest BCUT2D eigenvalue weighted by molar-refractivity contribution is -0.107. The number of rotatable bonds is 4. The quantitative estimate of drug-likeness (QED) is 0.883. The third-order valence-electron chi connectivity index (χ3n) is 5.20. The molecule has 1 aromatic rings. The summed E-state index contributed by atoms with van der Waals surface area (Å²) in [6.07, 6.45) is 1.44. The number of urea groups is 1. The van der Waals surface area contributed by atoms with Crippen LogP contribution in [0, 0.1) is 18.3 Å². The zero-order chi connectivity index (χ0) is 17.5. The van der Waals surface area contributed by atoms with E-state index in [-0.39, 0.29) is 29.7 Å². The Hall–Kier alpha value is -1.75. The number of hydrogen-bond acceptors (Lipinski definition) is 3. The molecule has 1 saturated carbocycles. The smallest absolute Gasteiger partial charge is 0.319 e. The molecule has 5 nitrogen and oxygen atoms in total. The van der Waals surface area contributed by atoms with Crippen LogP contribution in [0.3, 0.4) is 0 Å². The first-order valence-electron chi connectivity index (χ1n) is 8.75. The van der Waals surface area contributed by atoms with Crippen molar-refractivity contribution in [3.05, 3.63) is 23.8 Å². The Morgan fingerprint density at radius 1 is 1.38 bits per heavy atom. The number of amides is 2. The van der Waals surface area contributed by atoms with Crippen LogP contribution in [0.15, 0.2) is 18.2 Å².